The standard InChI is InChI=1S/C11H16O2/c1-9-5-4-6-11(10(9)2)13-8-7-12-3/h4-6H,7-8H2,1-3H3. The van der Waals surface area contributed by atoms with Gasteiger partial charge in [0.15, 0.2) is 0 Å². The van der Waals surface area contributed by atoms with Crippen LogP contribution in [0.4, 0.5) is 0 Å². The molecule has 0 fully saturated rings. The maximum absolute atomic E-state index is 5.53. The molecule has 1 rings (SSSR count). The quantitative estimate of drug-likeness (QED) is 0.662. The van der Waals surface area contributed by atoms with Crippen molar-refractivity contribution in [2.45, 2.75) is 13.8 Å². The van der Waals surface area contributed by atoms with Gasteiger partial charge in [-0.2, -0.15) is 0 Å². The molecule has 0 aromatic heterocycles. The zero-order valence-corrected chi connectivity index (χ0v) is 8.46. The van der Waals surface area contributed by atoms with Gasteiger partial charge in [0.2, 0.25) is 0 Å². The summed E-state index contributed by atoms with van der Waals surface area (Å²) < 4.78 is 10.4. The fraction of sp³-hybridized carbons (Fsp3) is 0.455. The summed E-state index contributed by atoms with van der Waals surface area (Å²) in [5.74, 6) is 0.956. The van der Waals surface area contributed by atoms with Gasteiger partial charge in [0.25, 0.3) is 0 Å². The number of aryl methyl sites for hydroxylation is 1. The van der Waals surface area contributed by atoms with Crippen molar-refractivity contribution in [3.63, 3.8) is 0 Å². The molecule has 0 aliphatic carbocycles. The van der Waals surface area contributed by atoms with E-state index in [9.17, 15) is 0 Å². The van der Waals surface area contributed by atoms with Crippen LogP contribution in [0.15, 0.2) is 18.2 Å². The van der Waals surface area contributed by atoms with E-state index in [1.54, 1.807) is 7.11 Å². The maximum atomic E-state index is 5.53. The molecule has 0 bridgehead atoms. The molecule has 0 atom stereocenters. The van der Waals surface area contributed by atoms with Gasteiger partial charge in [-0.15, -0.1) is 0 Å². The zero-order valence-electron chi connectivity index (χ0n) is 8.46. The first kappa shape index (κ1) is 10.1. The van der Waals surface area contributed by atoms with E-state index in [0.29, 0.717) is 13.2 Å². The van der Waals surface area contributed by atoms with Gasteiger partial charge in [0.05, 0.1) is 6.61 Å². The van der Waals surface area contributed by atoms with Crippen LogP contribution in [0.25, 0.3) is 0 Å². The van der Waals surface area contributed by atoms with Crippen molar-refractivity contribution < 1.29 is 9.47 Å². The normalized spacial score (nSPS) is 10.1. The second-order valence-corrected chi connectivity index (χ2v) is 3.04. The molecular formula is C11H16O2. The van der Waals surface area contributed by atoms with Crippen molar-refractivity contribution in [1.29, 1.82) is 0 Å². The summed E-state index contributed by atoms with van der Waals surface area (Å²) in [6.07, 6.45) is 0. The van der Waals surface area contributed by atoms with Crippen molar-refractivity contribution in [2.24, 2.45) is 0 Å². The highest BCUT2D eigenvalue weighted by atomic mass is 16.5. The topological polar surface area (TPSA) is 18.5 Å². The first-order chi connectivity index (χ1) is 6.25. The molecule has 0 N–H and O–H groups in total. The minimum atomic E-state index is 0.612. The van der Waals surface area contributed by atoms with Crippen LogP contribution in [0.3, 0.4) is 0 Å². The highest BCUT2D eigenvalue weighted by Gasteiger charge is 2.00. The Morgan fingerprint density at radius 2 is 1.92 bits per heavy atom. The van der Waals surface area contributed by atoms with Crippen LogP contribution in [0.2, 0.25) is 0 Å². The van der Waals surface area contributed by atoms with E-state index in [-0.39, 0.29) is 0 Å². The van der Waals surface area contributed by atoms with Crippen molar-refractivity contribution in [2.75, 3.05) is 20.3 Å². The zero-order chi connectivity index (χ0) is 9.68. The van der Waals surface area contributed by atoms with Crippen LogP contribution < -0.4 is 4.74 Å². The summed E-state index contributed by atoms with van der Waals surface area (Å²) in [6, 6.07) is 6.07. The third-order valence-corrected chi connectivity index (χ3v) is 2.10. The van der Waals surface area contributed by atoms with Crippen molar-refractivity contribution in [3.8, 4) is 5.75 Å². The van der Waals surface area contributed by atoms with Crippen LogP contribution in [-0.2, 0) is 4.74 Å². The van der Waals surface area contributed by atoms with Crippen molar-refractivity contribution >= 4 is 0 Å². The summed E-state index contributed by atoms with van der Waals surface area (Å²) in [5.41, 5.74) is 2.47. The molecule has 13 heavy (non-hydrogen) atoms. The molecule has 0 unspecified atom stereocenters. The number of hydrogen-bond acceptors (Lipinski definition) is 2. The van der Waals surface area contributed by atoms with Crippen LogP contribution in [0.1, 0.15) is 11.1 Å². The number of benzene rings is 1. The van der Waals surface area contributed by atoms with Gasteiger partial charge >= 0.3 is 0 Å². The third kappa shape index (κ3) is 2.74. The number of ether oxygens (including phenoxy) is 2. The molecule has 0 aliphatic rings. The molecule has 0 saturated carbocycles. The molecule has 1 aromatic carbocycles. The molecule has 72 valence electrons. The average molecular weight is 180 g/mol. The van der Waals surface area contributed by atoms with Crippen LogP contribution >= 0.6 is 0 Å². The highest BCUT2D eigenvalue weighted by Crippen LogP contribution is 2.20. The van der Waals surface area contributed by atoms with Crippen molar-refractivity contribution in [1.82, 2.24) is 0 Å². The number of rotatable bonds is 4. The van der Waals surface area contributed by atoms with Crippen LogP contribution in [-0.4, -0.2) is 20.3 Å². The summed E-state index contributed by atoms with van der Waals surface area (Å²) in [7, 11) is 1.67. The van der Waals surface area contributed by atoms with Gasteiger partial charge in [0, 0.05) is 7.11 Å². The lowest BCUT2D eigenvalue weighted by atomic mass is 10.1. The molecule has 1 aromatic rings. The summed E-state index contributed by atoms with van der Waals surface area (Å²) in [6.45, 7) is 5.39. The molecule has 0 radical (unpaired) electrons. The van der Waals surface area contributed by atoms with E-state index >= 15 is 0 Å². The van der Waals surface area contributed by atoms with E-state index in [1.165, 1.54) is 11.1 Å². The molecule has 0 spiro atoms. The van der Waals surface area contributed by atoms with Gasteiger partial charge in [0.1, 0.15) is 12.4 Å². The van der Waals surface area contributed by atoms with Gasteiger partial charge < -0.3 is 9.47 Å². The summed E-state index contributed by atoms with van der Waals surface area (Å²) >= 11 is 0. The van der Waals surface area contributed by atoms with E-state index in [0.717, 1.165) is 5.75 Å². The lowest BCUT2D eigenvalue weighted by Gasteiger charge is -2.09. The Labute approximate surface area is 79.5 Å². The van der Waals surface area contributed by atoms with E-state index < -0.39 is 0 Å². The molecule has 0 aliphatic heterocycles. The lowest BCUT2D eigenvalue weighted by molar-refractivity contribution is 0.146. The maximum Gasteiger partial charge on any atom is 0.122 e. The summed E-state index contributed by atoms with van der Waals surface area (Å²) in [4.78, 5) is 0. The Kier molecular flexibility index (Phi) is 3.77. The molecule has 2 heteroatoms. The SMILES string of the molecule is COCCOc1cccc(C)c1C. The molecule has 0 saturated heterocycles. The predicted octanol–water partition coefficient (Wildman–Crippen LogP) is 2.33. The third-order valence-electron chi connectivity index (χ3n) is 2.10. The number of methoxy groups -OCH3 is 1. The molecule has 0 amide bonds. The van der Waals surface area contributed by atoms with Gasteiger partial charge in [-0.1, -0.05) is 12.1 Å². The predicted molar refractivity (Wildman–Crippen MR) is 53.3 cm³/mol. The molecule has 2 nitrogen and oxygen atoms in total. The fourth-order valence-corrected chi connectivity index (χ4v) is 1.12. The van der Waals surface area contributed by atoms with Gasteiger partial charge in [-0.25, -0.2) is 0 Å². The molecular weight excluding hydrogens is 164 g/mol. The smallest absolute Gasteiger partial charge is 0.122 e. The van der Waals surface area contributed by atoms with Crippen molar-refractivity contribution in [3.05, 3.63) is 29.3 Å². The van der Waals surface area contributed by atoms with Crippen LogP contribution in [0.5, 0.6) is 5.75 Å². The second kappa shape index (κ2) is 4.87. The Hall–Kier alpha value is -1.02. The summed E-state index contributed by atoms with van der Waals surface area (Å²) in [5, 5.41) is 0. The Morgan fingerprint density at radius 3 is 2.62 bits per heavy atom. The minimum absolute atomic E-state index is 0.612. The second-order valence-electron chi connectivity index (χ2n) is 3.04. The Balaban J connectivity index is 2.61. The van der Waals surface area contributed by atoms with Gasteiger partial charge in [-0.05, 0) is 31.0 Å². The minimum Gasteiger partial charge on any atom is -0.491 e. The highest BCUT2D eigenvalue weighted by molar-refractivity contribution is 5.38. The largest absolute Gasteiger partial charge is 0.491 e. The Morgan fingerprint density at radius 1 is 1.15 bits per heavy atom. The number of hydrogen-bond donors (Lipinski definition) is 0. The van der Waals surface area contributed by atoms with E-state index in [4.69, 9.17) is 9.47 Å². The van der Waals surface area contributed by atoms with E-state index in [1.807, 2.05) is 12.1 Å². The first-order valence-corrected chi connectivity index (χ1v) is 4.43. The van der Waals surface area contributed by atoms with Crippen LogP contribution in [0, 0.1) is 13.8 Å². The Bertz CT molecular complexity index is 269. The lowest BCUT2D eigenvalue weighted by Crippen LogP contribution is -2.05. The molecule has 0 heterocycles. The van der Waals surface area contributed by atoms with E-state index in [2.05, 4.69) is 19.9 Å². The van der Waals surface area contributed by atoms with Gasteiger partial charge in [-0.3, -0.25) is 0 Å². The first-order valence-electron chi connectivity index (χ1n) is 4.43. The monoisotopic (exact) mass is 180 g/mol. The fourth-order valence-electron chi connectivity index (χ4n) is 1.12. The average Bonchev–Trinajstić information content (AvgIpc) is 2.13.